The summed E-state index contributed by atoms with van der Waals surface area (Å²) in [6.07, 6.45) is 2.35. The van der Waals surface area contributed by atoms with E-state index in [0.29, 0.717) is 0 Å². The molecule has 1 rings (SSSR count). The van der Waals surface area contributed by atoms with Gasteiger partial charge in [0.1, 0.15) is 11.9 Å². The first-order chi connectivity index (χ1) is 8.95. The minimum absolute atomic E-state index is 0.116. The number of carbonyl (C=O) groups is 2. The van der Waals surface area contributed by atoms with E-state index >= 15 is 0 Å². The van der Waals surface area contributed by atoms with Crippen LogP contribution >= 0.6 is 11.6 Å². The Hall–Kier alpha value is -1.88. The second-order valence-corrected chi connectivity index (χ2v) is 4.13. The summed E-state index contributed by atoms with van der Waals surface area (Å²) in [5, 5.41) is 2.57. The largest absolute Gasteiger partial charge is 0.467 e. The molecule has 102 valence electrons. The first kappa shape index (κ1) is 15.2. The first-order valence-corrected chi connectivity index (χ1v) is 5.84. The molecule has 0 saturated heterocycles. The van der Waals surface area contributed by atoms with Crippen molar-refractivity contribution in [3.63, 3.8) is 0 Å². The second-order valence-electron chi connectivity index (χ2n) is 3.72. The number of halogens is 2. The van der Waals surface area contributed by atoms with Crippen molar-refractivity contribution >= 4 is 29.6 Å². The zero-order chi connectivity index (χ0) is 14.4. The quantitative estimate of drug-likeness (QED) is 0.681. The Balaban J connectivity index is 2.72. The number of hydrogen-bond acceptors (Lipinski definition) is 3. The lowest BCUT2D eigenvalue weighted by atomic mass is 10.2. The van der Waals surface area contributed by atoms with Crippen LogP contribution in [0.2, 0.25) is 5.02 Å². The molecule has 0 bridgehead atoms. The maximum absolute atomic E-state index is 13.4. The van der Waals surface area contributed by atoms with Gasteiger partial charge in [0, 0.05) is 11.6 Å². The molecule has 0 heterocycles. The van der Waals surface area contributed by atoms with Gasteiger partial charge in [0.25, 0.3) is 0 Å². The molecule has 0 spiro atoms. The summed E-state index contributed by atoms with van der Waals surface area (Å²) in [5.74, 6) is -1.64. The zero-order valence-electron chi connectivity index (χ0n) is 10.4. The molecule has 0 fully saturated rings. The van der Waals surface area contributed by atoms with Gasteiger partial charge in [-0.15, -0.1) is 0 Å². The van der Waals surface area contributed by atoms with Gasteiger partial charge in [-0.1, -0.05) is 17.7 Å². The molecule has 1 aromatic rings. The number of rotatable bonds is 4. The monoisotopic (exact) mass is 285 g/mol. The highest BCUT2D eigenvalue weighted by Crippen LogP contribution is 2.20. The number of hydrogen-bond donors (Lipinski definition) is 1. The van der Waals surface area contributed by atoms with Crippen LogP contribution in [-0.2, 0) is 14.3 Å². The van der Waals surface area contributed by atoms with Crippen molar-refractivity contribution in [2.75, 3.05) is 7.11 Å². The third-order valence-electron chi connectivity index (χ3n) is 2.31. The van der Waals surface area contributed by atoms with Crippen LogP contribution in [0.4, 0.5) is 4.39 Å². The average molecular weight is 286 g/mol. The lowest BCUT2D eigenvalue weighted by Gasteiger charge is -2.09. The Morgan fingerprint density at radius 2 is 2.16 bits per heavy atom. The van der Waals surface area contributed by atoms with Crippen LogP contribution in [0.5, 0.6) is 0 Å². The summed E-state index contributed by atoms with van der Waals surface area (Å²) in [7, 11) is 1.22. The van der Waals surface area contributed by atoms with Crippen molar-refractivity contribution in [3.05, 3.63) is 40.7 Å². The molecule has 1 amide bonds. The third kappa shape index (κ3) is 4.37. The molecule has 1 aromatic carbocycles. The van der Waals surface area contributed by atoms with Crippen LogP contribution in [0.15, 0.2) is 24.3 Å². The maximum Gasteiger partial charge on any atom is 0.328 e. The van der Waals surface area contributed by atoms with Gasteiger partial charge < -0.3 is 10.1 Å². The molecule has 4 nitrogen and oxygen atoms in total. The van der Waals surface area contributed by atoms with Crippen molar-refractivity contribution in [3.8, 4) is 0 Å². The zero-order valence-corrected chi connectivity index (χ0v) is 11.2. The minimum Gasteiger partial charge on any atom is -0.467 e. The summed E-state index contributed by atoms with van der Waals surface area (Å²) in [5.41, 5.74) is 0.116. The Kier molecular flexibility index (Phi) is 5.51. The molecule has 19 heavy (non-hydrogen) atoms. The van der Waals surface area contributed by atoms with E-state index in [0.717, 1.165) is 6.08 Å². The van der Waals surface area contributed by atoms with Crippen molar-refractivity contribution < 1.29 is 18.7 Å². The summed E-state index contributed by atoms with van der Waals surface area (Å²) in [4.78, 5) is 22.6. The van der Waals surface area contributed by atoms with E-state index in [4.69, 9.17) is 11.6 Å². The van der Waals surface area contributed by atoms with Gasteiger partial charge in [0.2, 0.25) is 5.91 Å². The Morgan fingerprint density at radius 3 is 2.74 bits per heavy atom. The lowest BCUT2D eigenvalue weighted by molar-refractivity contribution is -0.144. The number of benzene rings is 1. The fourth-order valence-electron chi connectivity index (χ4n) is 1.33. The molecular formula is C13H13ClFNO3. The standard InChI is InChI=1S/C13H13ClFNO3/c1-8(13(18)19-2)16-12(17)7-6-9-10(14)4-3-5-11(9)15/h3-8H,1-2H3,(H,16,17). The van der Waals surface area contributed by atoms with Crippen molar-refractivity contribution in [2.24, 2.45) is 0 Å². The Labute approximate surface area is 115 Å². The maximum atomic E-state index is 13.4. The predicted molar refractivity (Wildman–Crippen MR) is 70.1 cm³/mol. The van der Waals surface area contributed by atoms with Gasteiger partial charge in [0.05, 0.1) is 12.1 Å². The van der Waals surface area contributed by atoms with Crippen LogP contribution in [0.3, 0.4) is 0 Å². The van der Waals surface area contributed by atoms with E-state index in [1.165, 1.54) is 38.3 Å². The summed E-state index contributed by atoms with van der Waals surface area (Å²) < 4.78 is 17.9. The van der Waals surface area contributed by atoms with Gasteiger partial charge in [-0.05, 0) is 25.1 Å². The predicted octanol–water partition coefficient (Wildman–Crippen LogP) is 2.17. The smallest absolute Gasteiger partial charge is 0.328 e. The minimum atomic E-state index is -0.779. The molecule has 0 aromatic heterocycles. The van der Waals surface area contributed by atoms with Gasteiger partial charge in [-0.2, -0.15) is 0 Å². The highest BCUT2D eigenvalue weighted by molar-refractivity contribution is 6.32. The number of methoxy groups -OCH3 is 1. The molecule has 1 unspecified atom stereocenters. The Bertz CT molecular complexity index is 496. The highest BCUT2D eigenvalue weighted by atomic mass is 35.5. The fourth-order valence-corrected chi connectivity index (χ4v) is 1.55. The average Bonchev–Trinajstić information content (AvgIpc) is 2.37. The van der Waals surface area contributed by atoms with Crippen LogP contribution in [0.25, 0.3) is 6.08 Å². The van der Waals surface area contributed by atoms with Crippen molar-refractivity contribution in [1.29, 1.82) is 0 Å². The molecular weight excluding hydrogens is 273 g/mol. The molecule has 0 saturated carbocycles. The van der Waals surface area contributed by atoms with Crippen molar-refractivity contribution in [1.82, 2.24) is 5.32 Å². The van der Waals surface area contributed by atoms with E-state index in [1.54, 1.807) is 0 Å². The summed E-state index contributed by atoms with van der Waals surface area (Å²) >= 11 is 5.79. The highest BCUT2D eigenvalue weighted by Gasteiger charge is 2.14. The van der Waals surface area contributed by atoms with E-state index < -0.39 is 23.7 Å². The lowest BCUT2D eigenvalue weighted by Crippen LogP contribution is -2.38. The van der Waals surface area contributed by atoms with Gasteiger partial charge in [-0.3, -0.25) is 4.79 Å². The fraction of sp³-hybridized carbons (Fsp3) is 0.231. The van der Waals surface area contributed by atoms with Gasteiger partial charge >= 0.3 is 5.97 Å². The Morgan fingerprint density at radius 1 is 1.47 bits per heavy atom. The molecule has 0 aliphatic rings. The van der Waals surface area contributed by atoms with Gasteiger partial charge in [0.15, 0.2) is 0 Å². The SMILES string of the molecule is COC(=O)C(C)NC(=O)C=Cc1c(F)cccc1Cl. The topological polar surface area (TPSA) is 55.4 Å². The molecule has 6 heteroatoms. The normalized spacial score (nSPS) is 12.2. The second kappa shape index (κ2) is 6.89. The first-order valence-electron chi connectivity index (χ1n) is 5.46. The molecule has 0 aliphatic carbocycles. The molecule has 0 aliphatic heterocycles. The summed E-state index contributed by atoms with van der Waals surface area (Å²) in [6.45, 7) is 1.48. The molecule has 0 radical (unpaired) electrons. The third-order valence-corrected chi connectivity index (χ3v) is 2.64. The molecule has 1 N–H and O–H groups in total. The van der Waals surface area contributed by atoms with E-state index in [2.05, 4.69) is 10.1 Å². The molecule has 1 atom stereocenters. The number of ether oxygens (including phenoxy) is 1. The van der Waals surface area contributed by atoms with Gasteiger partial charge in [-0.25, -0.2) is 9.18 Å². The van der Waals surface area contributed by atoms with E-state index in [9.17, 15) is 14.0 Å². The number of amides is 1. The van der Waals surface area contributed by atoms with E-state index in [-0.39, 0.29) is 10.6 Å². The van der Waals surface area contributed by atoms with Crippen LogP contribution in [-0.4, -0.2) is 25.0 Å². The number of nitrogens with one attached hydrogen (secondary N) is 1. The number of carbonyl (C=O) groups excluding carboxylic acids is 2. The van der Waals surface area contributed by atoms with Crippen LogP contribution in [0, 0.1) is 5.82 Å². The number of esters is 1. The summed E-state index contributed by atoms with van der Waals surface area (Å²) in [6, 6.07) is 3.44. The van der Waals surface area contributed by atoms with E-state index in [1.807, 2.05) is 0 Å². The van der Waals surface area contributed by atoms with Crippen molar-refractivity contribution in [2.45, 2.75) is 13.0 Å². The van der Waals surface area contributed by atoms with Crippen LogP contribution < -0.4 is 5.32 Å². The van der Waals surface area contributed by atoms with Crippen LogP contribution in [0.1, 0.15) is 12.5 Å².